The molecule has 2 fully saturated rings. The van der Waals surface area contributed by atoms with E-state index in [0.717, 1.165) is 31.4 Å². The van der Waals surface area contributed by atoms with Crippen molar-refractivity contribution in [1.29, 1.82) is 0 Å². The van der Waals surface area contributed by atoms with Gasteiger partial charge < -0.3 is 20.3 Å². The molecule has 1 aromatic heterocycles. The van der Waals surface area contributed by atoms with Gasteiger partial charge in [0.2, 0.25) is 11.8 Å². The van der Waals surface area contributed by atoms with Crippen LogP contribution >= 0.6 is 11.3 Å². The molecule has 3 heterocycles. The molecule has 1 saturated carbocycles. The number of para-hydroxylation sites is 1. The van der Waals surface area contributed by atoms with Gasteiger partial charge in [-0.05, 0) is 76.8 Å². The summed E-state index contributed by atoms with van der Waals surface area (Å²) in [6, 6.07) is 12.5. The van der Waals surface area contributed by atoms with Crippen LogP contribution in [0.3, 0.4) is 0 Å². The van der Waals surface area contributed by atoms with E-state index in [0.29, 0.717) is 28.3 Å². The van der Waals surface area contributed by atoms with Gasteiger partial charge in [-0.2, -0.15) is 0 Å². The maximum Gasteiger partial charge on any atom is 0.274 e. The molecule has 2 aromatic carbocycles. The number of allylic oxidation sites excluding steroid dienone is 1. The van der Waals surface area contributed by atoms with Gasteiger partial charge in [-0.1, -0.05) is 54.5 Å². The molecule has 1 saturated heterocycles. The van der Waals surface area contributed by atoms with Gasteiger partial charge in [0.05, 0.1) is 22.4 Å². The number of amides is 3. The molecule has 47 heavy (non-hydrogen) atoms. The van der Waals surface area contributed by atoms with Gasteiger partial charge in [-0.25, -0.2) is 14.9 Å². The van der Waals surface area contributed by atoms with Crippen LogP contribution in [0.15, 0.2) is 60.7 Å². The summed E-state index contributed by atoms with van der Waals surface area (Å²) in [5.41, 5.74) is 2.18. The van der Waals surface area contributed by atoms with Crippen molar-refractivity contribution in [3.8, 4) is 5.19 Å². The minimum Gasteiger partial charge on any atom is -0.465 e. The Kier molecular flexibility index (Phi) is 9.52. The molecule has 1 aliphatic carbocycles. The highest BCUT2D eigenvalue weighted by Gasteiger charge is 2.61. The van der Waals surface area contributed by atoms with E-state index in [2.05, 4.69) is 27.2 Å². The number of nitrogens with zero attached hydrogens (tertiary/aromatic N) is 2. The minimum absolute atomic E-state index is 0.157. The molecule has 5 atom stereocenters. The topological polar surface area (TPSA) is 122 Å². The fraction of sp³-hybridized carbons (Fsp3) is 0.486. The van der Waals surface area contributed by atoms with Crippen LogP contribution in [0, 0.1) is 11.7 Å². The van der Waals surface area contributed by atoms with Crippen LogP contribution in [-0.4, -0.2) is 63.5 Å². The highest BCUT2D eigenvalue weighted by molar-refractivity contribution is 7.20. The van der Waals surface area contributed by atoms with Crippen molar-refractivity contribution in [2.45, 2.75) is 95.0 Å². The largest absolute Gasteiger partial charge is 0.465 e. The molecular formula is C35H42FN5O5S. The number of hydrogen-bond donors (Lipinski definition) is 3. The lowest BCUT2D eigenvalue weighted by Crippen LogP contribution is -2.57. The number of carbonyl (C=O) groups excluding carboxylic acids is 3. The number of halogens is 1. The summed E-state index contributed by atoms with van der Waals surface area (Å²) in [7, 11) is 0. The number of aromatic nitrogens is 1. The summed E-state index contributed by atoms with van der Waals surface area (Å²) >= 11 is 1.22. The molecule has 250 valence electrons. The maximum atomic E-state index is 14.4. The molecule has 0 radical (unpaired) electrons. The Balaban J connectivity index is 1.28. The SMILES string of the molecule is CC(C)(C)ONC(=O)[C@@]12C[C@H]1/C=C\CCCCC[C@H](Nc1ccccc1)C(=O)N1C[C@H](Oc3nc4ccc(F)cc4s3)C[C@H]1C(=O)N2. The molecule has 12 heteroatoms. The second-order valence-electron chi connectivity index (χ2n) is 13.6. The Hall–Kier alpha value is -4.03. The first kappa shape index (κ1) is 32.9. The Labute approximate surface area is 278 Å². The third-order valence-electron chi connectivity index (χ3n) is 8.81. The standard InChI is InChI=1S/C35H42FN5O5S/c1-34(2,3)46-40-32(44)35-20-22(35)12-8-5-4-6-11-15-27(37-24-13-9-7-10-14-24)31(43)41-21-25(19-28(41)30(42)39-35)45-33-38-26-17-16-23(36)18-29(26)47-33/h7-10,12-14,16-18,22,25,27-28,37H,4-6,11,15,19-21H2,1-3H3,(H,39,42)(H,40,44)/b12-8-/t22-,25-,27+,28+,35-/m1/s1. The summed E-state index contributed by atoms with van der Waals surface area (Å²) < 4.78 is 20.7. The van der Waals surface area contributed by atoms with Crippen molar-refractivity contribution in [2.75, 3.05) is 11.9 Å². The zero-order valence-electron chi connectivity index (χ0n) is 27.0. The maximum absolute atomic E-state index is 14.4. The van der Waals surface area contributed by atoms with E-state index >= 15 is 0 Å². The number of anilines is 1. The van der Waals surface area contributed by atoms with Crippen LogP contribution in [0.5, 0.6) is 5.19 Å². The van der Waals surface area contributed by atoms with Gasteiger partial charge in [0.25, 0.3) is 11.1 Å². The first-order chi connectivity index (χ1) is 22.5. The fourth-order valence-electron chi connectivity index (χ4n) is 6.26. The predicted octanol–water partition coefficient (Wildman–Crippen LogP) is 5.51. The Morgan fingerprint density at radius 2 is 1.94 bits per heavy atom. The lowest BCUT2D eigenvalue weighted by atomic mass is 10.0. The van der Waals surface area contributed by atoms with Crippen molar-refractivity contribution < 1.29 is 28.3 Å². The Bertz CT molecular complexity index is 1640. The van der Waals surface area contributed by atoms with Crippen molar-refractivity contribution >= 4 is 45.0 Å². The van der Waals surface area contributed by atoms with E-state index < -0.39 is 41.1 Å². The number of benzene rings is 2. The second kappa shape index (κ2) is 13.6. The average molecular weight is 664 g/mol. The molecule has 6 rings (SSSR count). The van der Waals surface area contributed by atoms with Crippen LogP contribution in [0.2, 0.25) is 0 Å². The first-order valence-electron chi connectivity index (χ1n) is 16.3. The average Bonchev–Trinajstić information content (AvgIpc) is 3.34. The quantitative estimate of drug-likeness (QED) is 0.235. The molecule has 2 aliphatic heterocycles. The Morgan fingerprint density at radius 3 is 2.72 bits per heavy atom. The summed E-state index contributed by atoms with van der Waals surface area (Å²) in [6.07, 6.45) is 8.33. The third-order valence-corrected chi connectivity index (χ3v) is 9.72. The summed E-state index contributed by atoms with van der Waals surface area (Å²) in [5, 5.41) is 6.78. The smallest absolute Gasteiger partial charge is 0.274 e. The van der Waals surface area contributed by atoms with Crippen LogP contribution in [0.1, 0.15) is 65.7 Å². The van der Waals surface area contributed by atoms with Gasteiger partial charge in [0.15, 0.2) is 0 Å². The normalized spacial score (nSPS) is 27.5. The molecule has 0 spiro atoms. The number of rotatable bonds is 6. The number of fused-ring (bicyclic) bond motifs is 3. The third kappa shape index (κ3) is 7.76. The molecule has 10 nitrogen and oxygen atoms in total. The van der Waals surface area contributed by atoms with Gasteiger partial charge in [0, 0.05) is 18.0 Å². The fourth-order valence-corrected chi connectivity index (χ4v) is 7.17. The highest BCUT2D eigenvalue weighted by Crippen LogP contribution is 2.46. The van der Waals surface area contributed by atoms with E-state index in [1.54, 1.807) is 11.0 Å². The molecular weight excluding hydrogens is 621 g/mol. The number of hydroxylamine groups is 1. The molecule has 0 unspecified atom stereocenters. The molecule has 3 aromatic rings. The zero-order chi connectivity index (χ0) is 33.2. The van der Waals surface area contributed by atoms with Gasteiger partial charge in [0.1, 0.15) is 29.5 Å². The van der Waals surface area contributed by atoms with Crippen molar-refractivity contribution in [3.05, 3.63) is 66.5 Å². The summed E-state index contributed by atoms with van der Waals surface area (Å²) in [4.78, 5) is 53.8. The van der Waals surface area contributed by atoms with Crippen LogP contribution in [0.25, 0.3) is 10.2 Å². The summed E-state index contributed by atoms with van der Waals surface area (Å²) in [5.74, 6) is -1.62. The van der Waals surface area contributed by atoms with E-state index in [9.17, 15) is 18.8 Å². The van der Waals surface area contributed by atoms with Crippen LogP contribution in [-0.2, 0) is 19.2 Å². The number of thiazole rings is 1. The Morgan fingerprint density at radius 1 is 1.13 bits per heavy atom. The lowest BCUT2D eigenvalue weighted by molar-refractivity contribution is -0.151. The second-order valence-corrected chi connectivity index (χ2v) is 14.6. The summed E-state index contributed by atoms with van der Waals surface area (Å²) in [6.45, 7) is 5.64. The number of ether oxygens (including phenoxy) is 1. The first-order valence-corrected chi connectivity index (χ1v) is 17.1. The minimum atomic E-state index is -1.19. The monoisotopic (exact) mass is 663 g/mol. The molecule has 3 aliphatic rings. The highest BCUT2D eigenvalue weighted by atomic mass is 32.1. The van der Waals surface area contributed by atoms with Gasteiger partial charge in [-0.15, -0.1) is 0 Å². The van der Waals surface area contributed by atoms with Crippen LogP contribution < -0.4 is 20.9 Å². The molecule has 3 N–H and O–H groups in total. The van der Waals surface area contributed by atoms with Crippen molar-refractivity contribution in [2.24, 2.45) is 5.92 Å². The van der Waals surface area contributed by atoms with Gasteiger partial charge >= 0.3 is 0 Å². The van der Waals surface area contributed by atoms with E-state index in [1.165, 1.54) is 23.5 Å². The van der Waals surface area contributed by atoms with E-state index in [-0.39, 0.29) is 30.6 Å². The zero-order valence-corrected chi connectivity index (χ0v) is 27.8. The van der Waals surface area contributed by atoms with E-state index in [1.807, 2.05) is 57.2 Å². The number of nitrogens with one attached hydrogen (secondary N) is 3. The lowest BCUT2D eigenvalue weighted by Gasteiger charge is -2.30. The van der Waals surface area contributed by atoms with Crippen molar-refractivity contribution in [3.63, 3.8) is 0 Å². The number of hydrogen-bond acceptors (Lipinski definition) is 8. The van der Waals surface area contributed by atoms with Gasteiger partial charge in [-0.3, -0.25) is 19.2 Å². The molecule has 0 bridgehead atoms. The van der Waals surface area contributed by atoms with Crippen molar-refractivity contribution in [1.82, 2.24) is 20.7 Å². The predicted molar refractivity (Wildman–Crippen MR) is 178 cm³/mol. The van der Waals surface area contributed by atoms with E-state index in [4.69, 9.17) is 9.57 Å². The van der Waals surface area contributed by atoms with Crippen LogP contribution in [0.4, 0.5) is 10.1 Å². The molecule has 3 amide bonds. The number of carbonyl (C=O) groups is 3.